The first-order chi connectivity index (χ1) is 6.27. The zero-order chi connectivity index (χ0) is 9.26. The molecule has 2 atom stereocenters. The summed E-state index contributed by atoms with van der Waals surface area (Å²) in [6.45, 7) is 0. The maximum atomic E-state index is 6.12. The molecule has 1 fully saturated rings. The first kappa shape index (κ1) is 9.00. The first-order valence-corrected chi connectivity index (χ1v) is 5.19. The maximum Gasteiger partial charge on any atom is 0.135 e. The van der Waals surface area contributed by atoms with E-state index in [0.717, 1.165) is 18.7 Å². The molecule has 1 aliphatic rings. The number of rotatable bonds is 1. The van der Waals surface area contributed by atoms with Crippen molar-refractivity contribution in [2.75, 3.05) is 0 Å². The van der Waals surface area contributed by atoms with Crippen molar-refractivity contribution < 1.29 is 0 Å². The summed E-state index contributed by atoms with van der Waals surface area (Å²) in [5.74, 6) is 1.61. The average molecular weight is 200 g/mol. The third-order valence-electron chi connectivity index (χ3n) is 2.72. The second kappa shape index (κ2) is 3.66. The van der Waals surface area contributed by atoms with E-state index < -0.39 is 0 Å². The van der Waals surface area contributed by atoms with Gasteiger partial charge in [-0.25, -0.2) is 0 Å². The van der Waals surface area contributed by atoms with Gasteiger partial charge in [-0.05, 0) is 19.3 Å². The highest BCUT2D eigenvalue weighted by Gasteiger charge is 2.24. The summed E-state index contributed by atoms with van der Waals surface area (Å²) in [5, 5.41) is 8.35. The molecule has 4 heteroatoms. The highest BCUT2D eigenvalue weighted by Crippen LogP contribution is 2.33. The minimum Gasteiger partial charge on any atom is -0.320 e. The number of hydrogen-bond donors (Lipinski definition) is 0. The van der Waals surface area contributed by atoms with Gasteiger partial charge < -0.3 is 4.57 Å². The lowest BCUT2D eigenvalue weighted by molar-refractivity contribution is 0.426. The molecule has 0 aromatic carbocycles. The lowest BCUT2D eigenvalue weighted by atomic mass is 9.88. The quantitative estimate of drug-likeness (QED) is 0.649. The second-order valence-electron chi connectivity index (χ2n) is 3.76. The molecular formula is C9H14ClN3. The number of aromatic nitrogens is 3. The molecule has 0 aliphatic heterocycles. The third kappa shape index (κ3) is 1.85. The van der Waals surface area contributed by atoms with Crippen LogP contribution in [0.3, 0.4) is 0 Å². The highest BCUT2D eigenvalue weighted by atomic mass is 35.5. The molecule has 0 saturated heterocycles. The topological polar surface area (TPSA) is 30.7 Å². The molecule has 1 saturated carbocycles. The van der Waals surface area contributed by atoms with Crippen LogP contribution in [0.2, 0.25) is 0 Å². The van der Waals surface area contributed by atoms with E-state index in [9.17, 15) is 0 Å². The van der Waals surface area contributed by atoms with Crippen LogP contribution in [-0.2, 0) is 7.05 Å². The molecule has 13 heavy (non-hydrogen) atoms. The molecule has 1 heterocycles. The van der Waals surface area contributed by atoms with Crippen molar-refractivity contribution in [2.24, 2.45) is 7.05 Å². The van der Waals surface area contributed by atoms with Crippen molar-refractivity contribution in [3.05, 3.63) is 12.2 Å². The van der Waals surface area contributed by atoms with Crippen LogP contribution < -0.4 is 0 Å². The molecule has 0 N–H and O–H groups in total. The lowest BCUT2D eigenvalue weighted by Crippen LogP contribution is -2.16. The van der Waals surface area contributed by atoms with Gasteiger partial charge in [-0.1, -0.05) is 6.42 Å². The Kier molecular flexibility index (Phi) is 2.54. The Morgan fingerprint density at radius 1 is 1.54 bits per heavy atom. The van der Waals surface area contributed by atoms with Crippen molar-refractivity contribution in [3.63, 3.8) is 0 Å². The fourth-order valence-corrected chi connectivity index (χ4v) is 2.40. The van der Waals surface area contributed by atoms with Crippen LogP contribution in [0.25, 0.3) is 0 Å². The van der Waals surface area contributed by atoms with Gasteiger partial charge in [0.2, 0.25) is 0 Å². The standard InChI is InChI=1S/C9H14ClN3/c1-13-6-11-12-9(13)7-3-2-4-8(10)5-7/h6-8H,2-5H2,1H3. The molecule has 72 valence electrons. The van der Waals surface area contributed by atoms with E-state index in [4.69, 9.17) is 11.6 Å². The number of nitrogens with zero attached hydrogens (tertiary/aromatic N) is 3. The predicted molar refractivity (Wildman–Crippen MR) is 51.9 cm³/mol. The zero-order valence-electron chi connectivity index (χ0n) is 7.78. The summed E-state index contributed by atoms with van der Waals surface area (Å²) in [7, 11) is 1.99. The molecule has 2 unspecified atom stereocenters. The minimum absolute atomic E-state index is 0.329. The van der Waals surface area contributed by atoms with Gasteiger partial charge in [0.05, 0.1) is 0 Å². The van der Waals surface area contributed by atoms with Crippen LogP contribution in [0.4, 0.5) is 0 Å². The molecule has 1 aromatic heterocycles. The van der Waals surface area contributed by atoms with Crippen molar-refractivity contribution in [2.45, 2.75) is 37.0 Å². The Balaban J connectivity index is 2.12. The summed E-state index contributed by atoms with van der Waals surface area (Å²) in [6.07, 6.45) is 6.37. The first-order valence-electron chi connectivity index (χ1n) is 4.75. The number of halogens is 1. The highest BCUT2D eigenvalue weighted by molar-refractivity contribution is 6.20. The van der Waals surface area contributed by atoms with Crippen molar-refractivity contribution in [1.29, 1.82) is 0 Å². The van der Waals surface area contributed by atoms with Crippen LogP contribution in [0.5, 0.6) is 0 Å². The summed E-state index contributed by atoms with van der Waals surface area (Å²) in [4.78, 5) is 0. The Hall–Kier alpha value is -0.570. The van der Waals surface area contributed by atoms with E-state index >= 15 is 0 Å². The number of aryl methyl sites for hydroxylation is 1. The monoisotopic (exact) mass is 199 g/mol. The van der Waals surface area contributed by atoms with E-state index in [-0.39, 0.29) is 0 Å². The Labute approximate surface area is 83.1 Å². The molecular weight excluding hydrogens is 186 g/mol. The van der Waals surface area contributed by atoms with Crippen molar-refractivity contribution in [3.8, 4) is 0 Å². The van der Waals surface area contributed by atoms with Crippen LogP contribution >= 0.6 is 11.6 Å². The van der Waals surface area contributed by atoms with Crippen LogP contribution in [0.15, 0.2) is 6.33 Å². The van der Waals surface area contributed by atoms with E-state index in [1.807, 2.05) is 11.6 Å². The molecule has 2 rings (SSSR count). The molecule has 0 amide bonds. The normalized spacial score (nSPS) is 29.1. The molecule has 1 aromatic rings. The Morgan fingerprint density at radius 2 is 2.38 bits per heavy atom. The zero-order valence-corrected chi connectivity index (χ0v) is 8.54. The molecule has 1 aliphatic carbocycles. The van der Waals surface area contributed by atoms with Crippen molar-refractivity contribution >= 4 is 11.6 Å². The minimum atomic E-state index is 0.329. The largest absolute Gasteiger partial charge is 0.320 e. The van der Waals surface area contributed by atoms with E-state index in [1.54, 1.807) is 6.33 Å². The molecule has 0 bridgehead atoms. The predicted octanol–water partition coefficient (Wildman–Crippen LogP) is 2.08. The van der Waals surface area contributed by atoms with Gasteiger partial charge in [0.25, 0.3) is 0 Å². The SMILES string of the molecule is Cn1cnnc1C1CCCC(Cl)C1. The van der Waals surface area contributed by atoms with Crippen molar-refractivity contribution in [1.82, 2.24) is 14.8 Å². The number of hydrogen-bond acceptors (Lipinski definition) is 2. The van der Waals surface area contributed by atoms with Crippen LogP contribution in [-0.4, -0.2) is 20.1 Å². The van der Waals surface area contributed by atoms with Gasteiger partial charge in [0.1, 0.15) is 12.2 Å². The number of alkyl halides is 1. The van der Waals surface area contributed by atoms with Gasteiger partial charge >= 0.3 is 0 Å². The average Bonchev–Trinajstić information content (AvgIpc) is 2.51. The summed E-state index contributed by atoms with van der Waals surface area (Å²) >= 11 is 6.12. The van der Waals surface area contributed by atoms with Gasteiger partial charge in [0, 0.05) is 18.3 Å². The molecule has 0 radical (unpaired) electrons. The molecule has 0 spiro atoms. The lowest BCUT2D eigenvalue weighted by Gasteiger charge is -2.24. The third-order valence-corrected chi connectivity index (χ3v) is 3.12. The molecule has 3 nitrogen and oxygen atoms in total. The summed E-state index contributed by atoms with van der Waals surface area (Å²) < 4.78 is 2.00. The maximum absolute atomic E-state index is 6.12. The van der Waals surface area contributed by atoms with Crippen LogP contribution in [0, 0.1) is 0 Å². The van der Waals surface area contributed by atoms with E-state index in [1.165, 1.54) is 12.8 Å². The van der Waals surface area contributed by atoms with E-state index in [0.29, 0.717) is 11.3 Å². The van der Waals surface area contributed by atoms with Gasteiger partial charge in [-0.3, -0.25) is 0 Å². The van der Waals surface area contributed by atoms with Gasteiger partial charge in [0.15, 0.2) is 0 Å². The Morgan fingerprint density at radius 3 is 3.00 bits per heavy atom. The smallest absolute Gasteiger partial charge is 0.135 e. The van der Waals surface area contributed by atoms with Crippen LogP contribution in [0.1, 0.15) is 37.4 Å². The van der Waals surface area contributed by atoms with Gasteiger partial charge in [-0.15, -0.1) is 21.8 Å². The Bertz CT molecular complexity index is 284. The summed E-state index contributed by atoms with van der Waals surface area (Å²) in [6, 6.07) is 0. The fraction of sp³-hybridized carbons (Fsp3) is 0.778. The second-order valence-corrected chi connectivity index (χ2v) is 4.38. The van der Waals surface area contributed by atoms with Gasteiger partial charge in [-0.2, -0.15) is 0 Å². The fourth-order valence-electron chi connectivity index (χ4n) is 2.03. The van der Waals surface area contributed by atoms with E-state index in [2.05, 4.69) is 10.2 Å². The summed E-state index contributed by atoms with van der Waals surface area (Å²) in [5.41, 5.74) is 0.